The minimum absolute atomic E-state index is 0.161. The average molecular weight is 386 g/mol. The topological polar surface area (TPSA) is 66.0 Å². The van der Waals surface area contributed by atoms with Gasteiger partial charge in [0.25, 0.3) is 0 Å². The van der Waals surface area contributed by atoms with Gasteiger partial charge in [0.15, 0.2) is 5.96 Å². The lowest BCUT2D eigenvalue weighted by molar-refractivity contribution is -0.114. The lowest BCUT2D eigenvalue weighted by Crippen LogP contribution is -2.38. The van der Waals surface area contributed by atoms with Gasteiger partial charge in [-0.15, -0.1) is 0 Å². The summed E-state index contributed by atoms with van der Waals surface area (Å²) in [6.45, 7) is 5.23. The van der Waals surface area contributed by atoms with Crippen LogP contribution in [0.5, 0.6) is 5.75 Å². The van der Waals surface area contributed by atoms with Crippen molar-refractivity contribution in [1.82, 2.24) is 10.2 Å². The van der Waals surface area contributed by atoms with Crippen LogP contribution in [0.15, 0.2) is 47.5 Å². The molecule has 150 valence electrons. The van der Waals surface area contributed by atoms with Crippen LogP contribution in [0.2, 0.25) is 0 Å². The van der Waals surface area contributed by atoms with E-state index in [0.29, 0.717) is 24.5 Å². The summed E-state index contributed by atoms with van der Waals surface area (Å²) >= 11 is 0. The van der Waals surface area contributed by atoms with Gasteiger partial charge in [-0.1, -0.05) is 18.2 Å². The number of hydrogen-bond donors (Lipinski definition) is 2. The Morgan fingerprint density at radius 2 is 1.86 bits per heavy atom. The van der Waals surface area contributed by atoms with Crippen molar-refractivity contribution in [2.45, 2.75) is 26.9 Å². The van der Waals surface area contributed by atoms with Gasteiger partial charge in [0.2, 0.25) is 5.91 Å². The summed E-state index contributed by atoms with van der Waals surface area (Å²) in [6.07, 6.45) is 0. The van der Waals surface area contributed by atoms with Crippen LogP contribution in [0.25, 0.3) is 0 Å². The first-order chi connectivity index (χ1) is 13.4. The highest BCUT2D eigenvalue weighted by molar-refractivity contribution is 5.90. The number of nitrogens with zero attached hydrogens (tertiary/aromatic N) is 2. The van der Waals surface area contributed by atoms with E-state index >= 15 is 0 Å². The maximum Gasteiger partial charge on any atom is 0.221 e. The quantitative estimate of drug-likeness (QED) is 0.566. The summed E-state index contributed by atoms with van der Waals surface area (Å²) in [5.41, 5.74) is 2.55. The molecule has 0 aliphatic carbocycles. The Balaban J connectivity index is 2.14. The Labute approximate surface area is 165 Å². The van der Waals surface area contributed by atoms with Crippen LogP contribution in [0.1, 0.15) is 25.0 Å². The van der Waals surface area contributed by atoms with Gasteiger partial charge < -0.3 is 20.3 Å². The van der Waals surface area contributed by atoms with Crippen LogP contribution < -0.4 is 15.4 Å². The molecule has 0 saturated carbocycles. The second-order valence-electron chi connectivity index (χ2n) is 6.37. The zero-order valence-corrected chi connectivity index (χ0v) is 16.8. The number of halogens is 1. The number of nitrogens with one attached hydrogen (secondary N) is 2. The van der Waals surface area contributed by atoms with Crippen molar-refractivity contribution in [3.05, 3.63) is 59.4 Å². The van der Waals surface area contributed by atoms with Gasteiger partial charge in [0, 0.05) is 27.1 Å². The maximum absolute atomic E-state index is 13.1. The number of hydrogen-bond acceptors (Lipinski definition) is 3. The Kier molecular flexibility index (Phi) is 7.80. The molecule has 0 unspecified atom stereocenters. The number of guanidine groups is 1. The molecule has 0 aliphatic rings. The van der Waals surface area contributed by atoms with E-state index < -0.39 is 0 Å². The van der Waals surface area contributed by atoms with Gasteiger partial charge in [0.1, 0.15) is 11.6 Å². The molecule has 0 radical (unpaired) electrons. The fraction of sp³-hybridized carbons (Fsp3) is 0.333. The van der Waals surface area contributed by atoms with Gasteiger partial charge in [-0.05, 0) is 42.3 Å². The SMILES string of the molecule is CCNC(=NCc1ccc(OC)c(NC(C)=O)c1)N(C)Cc1ccc(F)cc1. The highest BCUT2D eigenvalue weighted by Crippen LogP contribution is 2.25. The number of anilines is 1. The van der Waals surface area contributed by atoms with E-state index in [1.165, 1.54) is 19.1 Å². The third-order valence-corrected chi connectivity index (χ3v) is 4.02. The molecule has 0 saturated heterocycles. The highest BCUT2D eigenvalue weighted by Gasteiger charge is 2.09. The minimum Gasteiger partial charge on any atom is -0.495 e. The van der Waals surface area contributed by atoms with E-state index in [9.17, 15) is 9.18 Å². The molecular formula is C21H27FN4O2. The van der Waals surface area contributed by atoms with E-state index in [2.05, 4.69) is 15.6 Å². The summed E-state index contributed by atoms with van der Waals surface area (Å²) in [7, 11) is 3.49. The molecule has 6 nitrogen and oxygen atoms in total. The Bertz CT molecular complexity index is 822. The fourth-order valence-electron chi connectivity index (χ4n) is 2.72. The van der Waals surface area contributed by atoms with Crippen LogP contribution in [-0.2, 0) is 17.9 Å². The van der Waals surface area contributed by atoms with Gasteiger partial charge in [0.05, 0.1) is 19.3 Å². The molecule has 1 amide bonds. The summed E-state index contributed by atoms with van der Waals surface area (Å²) in [4.78, 5) is 18.1. The smallest absolute Gasteiger partial charge is 0.221 e. The summed E-state index contributed by atoms with van der Waals surface area (Å²) < 4.78 is 18.4. The van der Waals surface area contributed by atoms with Crippen molar-refractivity contribution in [2.24, 2.45) is 4.99 Å². The number of aliphatic imine (C=N–C) groups is 1. The number of rotatable bonds is 7. The molecule has 2 N–H and O–H groups in total. The van der Waals surface area contributed by atoms with Crippen LogP contribution in [0.4, 0.5) is 10.1 Å². The van der Waals surface area contributed by atoms with Gasteiger partial charge in [-0.3, -0.25) is 4.79 Å². The molecule has 28 heavy (non-hydrogen) atoms. The van der Waals surface area contributed by atoms with E-state index in [-0.39, 0.29) is 11.7 Å². The molecule has 2 aromatic rings. The van der Waals surface area contributed by atoms with Gasteiger partial charge >= 0.3 is 0 Å². The summed E-state index contributed by atoms with van der Waals surface area (Å²) in [5, 5.41) is 6.03. The number of carbonyl (C=O) groups is 1. The molecule has 7 heteroatoms. The van der Waals surface area contributed by atoms with Crippen molar-refractivity contribution in [1.29, 1.82) is 0 Å². The third-order valence-electron chi connectivity index (χ3n) is 4.02. The van der Waals surface area contributed by atoms with Gasteiger partial charge in [-0.25, -0.2) is 9.38 Å². The lowest BCUT2D eigenvalue weighted by Gasteiger charge is -2.22. The first-order valence-electron chi connectivity index (χ1n) is 9.11. The predicted molar refractivity (Wildman–Crippen MR) is 110 cm³/mol. The van der Waals surface area contributed by atoms with E-state index in [0.717, 1.165) is 23.6 Å². The van der Waals surface area contributed by atoms with Crippen molar-refractivity contribution in [3.63, 3.8) is 0 Å². The van der Waals surface area contributed by atoms with Crippen molar-refractivity contribution >= 4 is 17.6 Å². The van der Waals surface area contributed by atoms with Crippen molar-refractivity contribution in [2.75, 3.05) is 26.0 Å². The monoisotopic (exact) mass is 386 g/mol. The fourth-order valence-corrected chi connectivity index (χ4v) is 2.72. The zero-order valence-electron chi connectivity index (χ0n) is 16.8. The first-order valence-corrected chi connectivity index (χ1v) is 9.11. The molecule has 2 rings (SSSR count). The molecule has 0 fully saturated rings. The molecular weight excluding hydrogens is 359 g/mol. The van der Waals surface area contributed by atoms with Crippen molar-refractivity contribution in [3.8, 4) is 5.75 Å². The average Bonchev–Trinajstić information content (AvgIpc) is 2.66. The molecule has 0 aliphatic heterocycles. The Hall–Kier alpha value is -3.09. The molecule has 0 spiro atoms. The Morgan fingerprint density at radius 1 is 1.18 bits per heavy atom. The maximum atomic E-state index is 13.1. The minimum atomic E-state index is -0.249. The van der Waals surface area contributed by atoms with Crippen molar-refractivity contribution < 1.29 is 13.9 Å². The van der Waals surface area contributed by atoms with E-state index in [1.54, 1.807) is 19.2 Å². The lowest BCUT2D eigenvalue weighted by atomic mass is 10.2. The number of amides is 1. The van der Waals surface area contributed by atoms with Crippen LogP contribution in [0, 0.1) is 5.82 Å². The van der Waals surface area contributed by atoms with Crippen LogP contribution in [0.3, 0.4) is 0 Å². The highest BCUT2D eigenvalue weighted by atomic mass is 19.1. The van der Waals surface area contributed by atoms with Crippen LogP contribution >= 0.6 is 0 Å². The molecule has 0 aromatic heterocycles. The normalized spacial score (nSPS) is 11.1. The Morgan fingerprint density at radius 3 is 2.46 bits per heavy atom. The molecule has 0 heterocycles. The largest absolute Gasteiger partial charge is 0.495 e. The number of benzene rings is 2. The standard InChI is InChI=1S/C21H27FN4O2/c1-5-23-21(26(3)14-16-6-9-18(22)10-7-16)24-13-17-8-11-20(28-4)19(12-17)25-15(2)27/h6-12H,5,13-14H2,1-4H3,(H,23,24)(H,25,27). The summed E-state index contributed by atoms with van der Waals surface area (Å²) in [5.74, 6) is 0.930. The van der Waals surface area contributed by atoms with E-state index in [1.807, 2.05) is 37.1 Å². The molecule has 0 bridgehead atoms. The molecule has 0 atom stereocenters. The number of methoxy groups -OCH3 is 1. The second kappa shape index (κ2) is 10.3. The van der Waals surface area contributed by atoms with E-state index in [4.69, 9.17) is 4.74 Å². The zero-order chi connectivity index (χ0) is 20.5. The predicted octanol–water partition coefficient (Wildman–Crippen LogP) is 3.39. The summed E-state index contributed by atoms with van der Waals surface area (Å²) in [6, 6.07) is 12.0. The number of ether oxygens (including phenoxy) is 1. The third kappa shape index (κ3) is 6.26. The second-order valence-corrected chi connectivity index (χ2v) is 6.37. The van der Waals surface area contributed by atoms with Gasteiger partial charge in [-0.2, -0.15) is 0 Å². The molecule has 2 aromatic carbocycles. The number of carbonyl (C=O) groups excluding carboxylic acids is 1. The first kappa shape index (κ1) is 21.2. The van der Waals surface area contributed by atoms with Crippen LogP contribution in [-0.4, -0.2) is 37.5 Å².